The van der Waals surface area contributed by atoms with Crippen LogP contribution in [0.5, 0.6) is 0 Å². The molecule has 3 heterocycles. The predicted octanol–water partition coefficient (Wildman–Crippen LogP) is -0.262. The van der Waals surface area contributed by atoms with Gasteiger partial charge in [0.2, 0.25) is 0 Å². The van der Waals surface area contributed by atoms with Gasteiger partial charge in [0, 0.05) is 19.6 Å². The van der Waals surface area contributed by atoms with E-state index in [2.05, 4.69) is 10.2 Å². The normalized spacial score (nSPS) is 52.2. The highest BCUT2D eigenvalue weighted by Crippen LogP contribution is 2.43. The van der Waals surface area contributed by atoms with Crippen molar-refractivity contribution in [2.45, 2.75) is 24.8 Å². The molecule has 3 fully saturated rings. The molecule has 3 aliphatic heterocycles. The van der Waals surface area contributed by atoms with Crippen molar-refractivity contribution in [2.24, 2.45) is 0 Å². The summed E-state index contributed by atoms with van der Waals surface area (Å²) in [4.78, 5) is 2.50. The molecule has 10 heavy (non-hydrogen) atoms. The van der Waals surface area contributed by atoms with Crippen LogP contribution in [0.25, 0.3) is 0 Å². The Balaban J connectivity index is 1.93. The van der Waals surface area contributed by atoms with Crippen molar-refractivity contribution in [2.75, 3.05) is 19.6 Å². The van der Waals surface area contributed by atoms with Crippen molar-refractivity contribution in [3.8, 4) is 0 Å². The van der Waals surface area contributed by atoms with Gasteiger partial charge in [-0.15, -0.1) is 0 Å². The van der Waals surface area contributed by atoms with E-state index in [1.54, 1.807) is 0 Å². The van der Waals surface area contributed by atoms with Crippen LogP contribution in [-0.2, 0) is 4.74 Å². The standard InChI is InChI=1S/C7H12N2O/c1-2-7-5-8-4-6(10-7)9(7)3-1/h6,8H,1-5H2/t6?,7-/m0/s1. The molecule has 3 saturated heterocycles. The Morgan fingerprint density at radius 3 is 3.40 bits per heavy atom. The Morgan fingerprint density at radius 2 is 2.60 bits per heavy atom. The topological polar surface area (TPSA) is 24.5 Å². The van der Waals surface area contributed by atoms with Crippen LogP contribution in [0.3, 0.4) is 0 Å². The summed E-state index contributed by atoms with van der Waals surface area (Å²) in [5.41, 5.74) is 0.156. The van der Waals surface area contributed by atoms with Crippen LogP contribution in [0.15, 0.2) is 0 Å². The largest absolute Gasteiger partial charge is 0.339 e. The lowest BCUT2D eigenvalue weighted by molar-refractivity contribution is -0.350. The molecule has 3 nitrogen and oxygen atoms in total. The highest BCUT2D eigenvalue weighted by atomic mass is 16.6. The molecule has 3 aliphatic rings. The molecule has 56 valence electrons. The zero-order chi connectivity index (χ0) is 6.60. The Bertz CT molecular complexity index is 169. The van der Waals surface area contributed by atoms with E-state index in [4.69, 9.17) is 4.74 Å². The summed E-state index contributed by atoms with van der Waals surface area (Å²) in [7, 11) is 0. The molecule has 0 amide bonds. The van der Waals surface area contributed by atoms with Crippen molar-refractivity contribution in [3.63, 3.8) is 0 Å². The zero-order valence-corrected chi connectivity index (χ0v) is 5.97. The quantitative estimate of drug-likeness (QED) is 0.501. The number of ether oxygens (including phenoxy) is 1. The van der Waals surface area contributed by atoms with E-state index in [0.717, 1.165) is 13.1 Å². The van der Waals surface area contributed by atoms with E-state index < -0.39 is 0 Å². The molecule has 1 N–H and O–H groups in total. The number of nitrogens with zero attached hydrogens (tertiary/aromatic N) is 1. The molecule has 3 rings (SSSR count). The third-order valence-electron chi connectivity index (χ3n) is 2.91. The average Bonchev–Trinajstić information content (AvgIpc) is 2.29. The molecule has 0 aliphatic carbocycles. The van der Waals surface area contributed by atoms with Crippen molar-refractivity contribution in [1.82, 2.24) is 10.2 Å². The highest BCUT2D eigenvalue weighted by Gasteiger charge is 2.57. The Kier molecular flexibility index (Phi) is 0.854. The number of morpholine rings is 1. The minimum atomic E-state index is 0.156. The van der Waals surface area contributed by atoms with Gasteiger partial charge in [0.1, 0.15) is 12.0 Å². The monoisotopic (exact) mass is 140 g/mol. The highest BCUT2D eigenvalue weighted by molar-refractivity contribution is 5.03. The molecular formula is C7H12N2O. The lowest BCUT2D eigenvalue weighted by Gasteiger charge is -2.58. The van der Waals surface area contributed by atoms with Gasteiger partial charge in [-0.3, -0.25) is 0 Å². The van der Waals surface area contributed by atoms with E-state index >= 15 is 0 Å². The van der Waals surface area contributed by atoms with Crippen LogP contribution in [0.2, 0.25) is 0 Å². The first-order valence-corrected chi connectivity index (χ1v) is 4.06. The number of nitrogens with one attached hydrogen (secondary N) is 1. The van der Waals surface area contributed by atoms with Gasteiger partial charge < -0.3 is 10.1 Å². The Labute approximate surface area is 60.3 Å². The molecule has 0 aromatic carbocycles. The number of rotatable bonds is 0. The number of hydrogen-bond donors (Lipinski definition) is 1. The molecule has 2 bridgehead atoms. The lowest BCUT2D eigenvalue weighted by atomic mass is 10.0. The van der Waals surface area contributed by atoms with Gasteiger partial charge in [-0.25, -0.2) is 4.90 Å². The number of hydrogen-bond acceptors (Lipinski definition) is 3. The Morgan fingerprint density at radius 1 is 1.60 bits per heavy atom. The van der Waals surface area contributed by atoms with Crippen molar-refractivity contribution in [1.29, 1.82) is 0 Å². The third kappa shape index (κ3) is 0.447. The first-order chi connectivity index (χ1) is 4.91. The van der Waals surface area contributed by atoms with Crippen LogP contribution in [0.4, 0.5) is 0 Å². The van der Waals surface area contributed by atoms with E-state index in [1.807, 2.05) is 0 Å². The second-order valence-electron chi connectivity index (χ2n) is 3.45. The second-order valence-corrected chi connectivity index (χ2v) is 3.45. The minimum absolute atomic E-state index is 0.156. The summed E-state index contributed by atoms with van der Waals surface area (Å²) in [6.07, 6.45) is 2.96. The molecule has 1 unspecified atom stereocenters. The summed E-state index contributed by atoms with van der Waals surface area (Å²) >= 11 is 0. The van der Waals surface area contributed by atoms with Gasteiger partial charge in [-0.1, -0.05) is 0 Å². The summed E-state index contributed by atoms with van der Waals surface area (Å²) in [6.45, 7) is 3.33. The number of piperazine rings is 1. The zero-order valence-electron chi connectivity index (χ0n) is 5.97. The minimum Gasteiger partial charge on any atom is -0.339 e. The molecule has 0 radical (unpaired) electrons. The summed E-state index contributed by atoms with van der Waals surface area (Å²) in [5.74, 6) is 0. The predicted molar refractivity (Wildman–Crippen MR) is 36.4 cm³/mol. The molecule has 0 aromatic heterocycles. The van der Waals surface area contributed by atoms with E-state index in [9.17, 15) is 0 Å². The first-order valence-electron chi connectivity index (χ1n) is 4.06. The summed E-state index contributed by atoms with van der Waals surface area (Å²) in [5, 5.41) is 3.38. The maximum Gasteiger partial charge on any atom is 0.138 e. The maximum absolute atomic E-state index is 5.75. The van der Waals surface area contributed by atoms with Gasteiger partial charge in [0.25, 0.3) is 0 Å². The fourth-order valence-corrected chi connectivity index (χ4v) is 2.45. The van der Waals surface area contributed by atoms with Crippen LogP contribution in [-0.4, -0.2) is 36.5 Å². The van der Waals surface area contributed by atoms with E-state index in [0.29, 0.717) is 6.23 Å². The molecule has 3 heteroatoms. The fourth-order valence-electron chi connectivity index (χ4n) is 2.45. The molecular weight excluding hydrogens is 128 g/mol. The van der Waals surface area contributed by atoms with Gasteiger partial charge >= 0.3 is 0 Å². The van der Waals surface area contributed by atoms with Crippen LogP contribution in [0.1, 0.15) is 12.8 Å². The SMILES string of the molecule is C1CN2C3CNC[C@]2(C1)O3. The van der Waals surface area contributed by atoms with E-state index in [-0.39, 0.29) is 5.72 Å². The van der Waals surface area contributed by atoms with Crippen molar-refractivity contribution in [3.05, 3.63) is 0 Å². The van der Waals surface area contributed by atoms with E-state index in [1.165, 1.54) is 19.4 Å². The molecule has 0 aromatic rings. The van der Waals surface area contributed by atoms with Gasteiger partial charge in [0.15, 0.2) is 0 Å². The van der Waals surface area contributed by atoms with Gasteiger partial charge in [-0.2, -0.15) is 0 Å². The maximum atomic E-state index is 5.75. The van der Waals surface area contributed by atoms with Gasteiger partial charge in [0.05, 0.1) is 0 Å². The molecule has 2 atom stereocenters. The van der Waals surface area contributed by atoms with Gasteiger partial charge in [-0.05, 0) is 12.8 Å². The average molecular weight is 140 g/mol. The van der Waals surface area contributed by atoms with Crippen LogP contribution >= 0.6 is 0 Å². The Hall–Kier alpha value is -0.120. The summed E-state index contributed by atoms with van der Waals surface area (Å²) in [6, 6.07) is 0. The fraction of sp³-hybridized carbons (Fsp3) is 1.00. The smallest absolute Gasteiger partial charge is 0.138 e. The second kappa shape index (κ2) is 1.55. The van der Waals surface area contributed by atoms with Crippen LogP contribution < -0.4 is 5.32 Å². The molecule has 0 saturated carbocycles. The molecule has 0 spiro atoms. The first kappa shape index (κ1) is 5.52. The van der Waals surface area contributed by atoms with Crippen LogP contribution in [0, 0.1) is 0 Å². The lowest BCUT2D eigenvalue weighted by Crippen LogP contribution is -2.75. The van der Waals surface area contributed by atoms with Crippen molar-refractivity contribution >= 4 is 0 Å². The van der Waals surface area contributed by atoms with Crippen molar-refractivity contribution < 1.29 is 4.74 Å². The summed E-state index contributed by atoms with van der Waals surface area (Å²) < 4.78 is 5.75. The third-order valence-corrected chi connectivity index (χ3v) is 2.91.